The van der Waals surface area contributed by atoms with Gasteiger partial charge in [-0.15, -0.1) is 0 Å². The van der Waals surface area contributed by atoms with E-state index >= 15 is 0 Å². The maximum absolute atomic E-state index is 13.2. The van der Waals surface area contributed by atoms with Crippen LogP contribution in [0.4, 0.5) is 0 Å². The van der Waals surface area contributed by atoms with Gasteiger partial charge in [0, 0.05) is 5.54 Å². The monoisotopic (exact) mass is 327 g/mol. The minimum atomic E-state index is -0.518. The molecule has 1 amide bonds. The molecule has 0 atom stereocenters. The van der Waals surface area contributed by atoms with E-state index in [2.05, 4.69) is 5.32 Å². The van der Waals surface area contributed by atoms with Gasteiger partial charge < -0.3 is 10.1 Å². The Bertz CT molecular complexity index is 596. The van der Waals surface area contributed by atoms with Gasteiger partial charge in [0.05, 0.1) is 12.5 Å². The van der Waals surface area contributed by atoms with Crippen LogP contribution in [0, 0.1) is 17.8 Å². The maximum atomic E-state index is 13.2. The van der Waals surface area contributed by atoms with E-state index in [0.29, 0.717) is 0 Å². The van der Waals surface area contributed by atoms with Gasteiger partial charge in [0.1, 0.15) is 5.75 Å². The number of methoxy groups -OCH3 is 1. The van der Waals surface area contributed by atoms with Crippen LogP contribution >= 0.6 is 0 Å². The average Bonchev–Trinajstić information content (AvgIpc) is 2.53. The van der Waals surface area contributed by atoms with Crippen LogP contribution in [0.3, 0.4) is 0 Å². The SMILES string of the molecule is COc1ccc(C(C)(C)C(=O)NC23CC4CC(CC(C4)C2)C3)cc1. The summed E-state index contributed by atoms with van der Waals surface area (Å²) in [4.78, 5) is 13.2. The van der Waals surface area contributed by atoms with E-state index in [1.807, 2.05) is 38.1 Å². The first kappa shape index (κ1) is 16.0. The molecular weight excluding hydrogens is 298 g/mol. The van der Waals surface area contributed by atoms with Crippen molar-refractivity contribution < 1.29 is 9.53 Å². The molecule has 4 saturated carbocycles. The highest BCUT2D eigenvalue weighted by Crippen LogP contribution is 2.55. The third kappa shape index (κ3) is 2.62. The van der Waals surface area contributed by atoms with E-state index in [1.54, 1.807) is 7.11 Å². The zero-order chi connectivity index (χ0) is 16.9. The lowest BCUT2D eigenvalue weighted by molar-refractivity contribution is -0.131. The number of hydrogen-bond donors (Lipinski definition) is 1. The van der Waals surface area contributed by atoms with Crippen LogP contribution in [0.5, 0.6) is 5.75 Å². The zero-order valence-corrected chi connectivity index (χ0v) is 15.1. The van der Waals surface area contributed by atoms with Gasteiger partial charge in [0.25, 0.3) is 0 Å². The van der Waals surface area contributed by atoms with Crippen LogP contribution in [0.2, 0.25) is 0 Å². The minimum absolute atomic E-state index is 0.0789. The summed E-state index contributed by atoms with van der Waals surface area (Å²) in [6.45, 7) is 4.06. The molecule has 0 aromatic heterocycles. The molecule has 0 aliphatic heterocycles. The highest BCUT2D eigenvalue weighted by molar-refractivity contribution is 5.88. The molecule has 5 rings (SSSR count). The Labute approximate surface area is 145 Å². The Balaban J connectivity index is 1.52. The molecule has 0 spiro atoms. The van der Waals surface area contributed by atoms with E-state index in [9.17, 15) is 4.79 Å². The molecule has 4 aliphatic carbocycles. The lowest BCUT2D eigenvalue weighted by Gasteiger charge is -2.57. The van der Waals surface area contributed by atoms with E-state index in [0.717, 1.165) is 29.1 Å². The van der Waals surface area contributed by atoms with Crippen LogP contribution in [0.15, 0.2) is 24.3 Å². The standard InChI is InChI=1S/C21H29NO2/c1-20(2,17-4-6-18(24-3)7-5-17)19(23)22-21-11-14-8-15(12-21)10-16(9-14)13-21/h4-7,14-16H,8-13H2,1-3H3,(H,22,23). The molecule has 0 unspecified atom stereocenters. The summed E-state index contributed by atoms with van der Waals surface area (Å²) in [5.74, 6) is 3.55. The van der Waals surface area contributed by atoms with Crippen molar-refractivity contribution in [3.05, 3.63) is 29.8 Å². The molecule has 3 nitrogen and oxygen atoms in total. The molecule has 0 saturated heterocycles. The molecule has 4 bridgehead atoms. The van der Waals surface area contributed by atoms with Gasteiger partial charge in [-0.25, -0.2) is 0 Å². The first-order chi connectivity index (χ1) is 11.4. The number of hydrogen-bond acceptors (Lipinski definition) is 2. The highest BCUT2D eigenvalue weighted by Gasteiger charge is 2.52. The lowest BCUT2D eigenvalue weighted by atomic mass is 9.53. The van der Waals surface area contributed by atoms with E-state index in [1.165, 1.54) is 38.5 Å². The first-order valence-electron chi connectivity index (χ1n) is 9.37. The Morgan fingerprint density at radius 3 is 2.00 bits per heavy atom. The lowest BCUT2D eigenvalue weighted by Crippen LogP contribution is -2.62. The van der Waals surface area contributed by atoms with Gasteiger partial charge in [-0.3, -0.25) is 4.79 Å². The first-order valence-corrected chi connectivity index (χ1v) is 9.37. The summed E-state index contributed by atoms with van der Waals surface area (Å²) < 4.78 is 5.23. The van der Waals surface area contributed by atoms with Crippen molar-refractivity contribution in [3.8, 4) is 5.75 Å². The highest BCUT2D eigenvalue weighted by atomic mass is 16.5. The molecule has 4 aliphatic rings. The number of rotatable bonds is 4. The van der Waals surface area contributed by atoms with Crippen molar-refractivity contribution in [1.29, 1.82) is 0 Å². The van der Waals surface area contributed by atoms with E-state index < -0.39 is 5.41 Å². The summed E-state index contributed by atoms with van der Waals surface area (Å²) in [6.07, 6.45) is 7.79. The zero-order valence-electron chi connectivity index (χ0n) is 15.1. The summed E-state index contributed by atoms with van der Waals surface area (Å²) in [6, 6.07) is 7.90. The van der Waals surface area contributed by atoms with Crippen LogP contribution < -0.4 is 10.1 Å². The maximum Gasteiger partial charge on any atom is 0.230 e. The minimum Gasteiger partial charge on any atom is -0.497 e. The number of benzene rings is 1. The molecule has 0 radical (unpaired) electrons. The Hall–Kier alpha value is -1.51. The third-order valence-corrected chi connectivity index (χ3v) is 6.80. The molecule has 1 N–H and O–H groups in total. The topological polar surface area (TPSA) is 38.3 Å². The summed E-state index contributed by atoms with van der Waals surface area (Å²) in [7, 11) is 1.67. The Morgan fingerprint density at radius 1 is 1.04 bits per heavy atom. The van der Waals surface area contributed by atoms with Crippen molar-refractivity contribution in [1.82, 2.24) is 5.32 Å². The average molecular weight is 327 g/mol. The molecule has 130 valence electrons. The quantitative estimate of drug-likeness (QED) is 0.906. The smallest absolute Gasteiger partial charge is 0.230 e. The van der Waals surface area contributed by atoms with Crippen LogP contribution in [-0.4, -0.2) is 18.6 Å². The molecular formula is C21H29NO2. The molecule has 4 fully saturated rings. The summed E-state index contributed by atoms with van der Waals surface area (Å²) >= 11 is 0. The second-order valence-electron chi connectivity index (χ2n) is 9.01. The molecule has 1 aromatic carbocycles. The normalized spacial score (nSPS) is 34.2. The van der Waals surface area contributed by atoms with Gasteiger partial charge in [-0.05, 0) is 87.8 Å². The van der Waals surface area contributed by atoms with Crippen molar-refractivity contribution in [3.63, 3.8) is 0 Å². The summed E-state index contributed by atoms with van der Waals surface area (Å²) in [5, 5.41) is 3.52. The van der Waals surface area contributed by atoms with Gasteiger partial charge in [0.2, 0.25) is 5.91 Å². The number of carbonyl (C=O) groups excluding carboxylic acids is 1. The van der Waals surface area contributed by atoms with Gasteiger partial charge >= 0.3 is 0 Å². The molecule has 3 heteroatoms. The van der Waals surface area contributed by atoms with Crippen molar-refractivity contribution in [2.24, 2.45) is 17.8 Å². The molecule has 24 heavy (non-hydrogen) atoms. The number of nitrogens with one attached hydrogen (secondary N) is 1. The van der Waals surface area contributed by atoms with Gasteiger partial charge in [-0.2, -0.15) is 0 Å². The Morgan fingerprint density at radius 2 is 1.54 bits per heavy atom. The van der Waals surface area contributed by atoms with Crippen molar-refractivity contribution in [2.45, 2.75) is 63.3 Å². The van der Waals surface area contributed by atoms with E-state index in [-0.39, 0.29) is 11.4 Å². The largest absolute Gasteiger partial charge is 0.497 e. The third-order valence-electron chi connectivity index (χ3n) is 6.80. The summed E-state index contributed by atoms with van der Waals surface area (Å²) in [5.41, 5.74) is 0.607. The fraction of sp³-hybridized carbons (Fsp3) is 0.667. The van der Waals surface area contributed by atoms with Crippen molar-refractivity contribution >= 4 is 5.91 Å². The van der Waals surface area contributed by atoms with Crippen LogP contribution in [-0.2, 0) is 10.2 Å². The fourth-order valence-electron chi connectivity index (χ4n) is 5.80. The van der Waals surface area contributed by atoms with Crippen LogP contribution in [0.1, 0.15) is 57.9 Å². The number of carbonyl (C=O) groups is 1. The number of amides is 1. The Kier molecular flexibility index (Phi) is 3.67. The van der Waals surface area contributed by atoms with E-state index in [4.69, 9.17) is 4.74 Å². The number of ether oxygens (including phenoxy) is 1. The fourth-order valence-corrected chi connectivity index (χ4v) is 5.80. The van der Waals surface area contributed by atoms with Crippen molar-refractivity contribution in [2.75, 3.05) is 7.11 Å². The second kappa shape index (κ2) is 5.50. The molecule has 0 heterocycles. The second-order valence-corrected chi connectivity index (χ2v) is 9.01. The molecule has 1 aromatic rings. The van der Waals surface area contributed by atoms with Gasteiger partial charge in [0.15, 0.2) is 0 Å². The van der Waals surface area contributed by atoms with Crippen LogP contribution in [0.25, 0.3) is 0 Å². The predicted molar refractivity (Wildman–Crippen MR) is 95.1 cm³/mol. The van der Waals surface area contributed by atoms with Gasteiger partial charge in [-0.1, -0.05) is 12.1 Å². The predicted octanol–water partition coefficient (Wildman–Crippen LogP) is 4.06.